The third-order valence-electron chi connectivity index (χ3n) is 5.38. The average Bonchev–Trinajstić information content (AvgIpc) is 2.84. The van der Waals surface area contributed by atoms with E-state index in [1.165, 1.54) is 23.1 Å². The number of para-hydroxylation sites is 2. The molecule has 0 fully saturated rings. The van der Waals surface area contributed by atoms with E-state index in [-0.39, 0.29) is 28.7 Å². The number of nitrogens with zero attached hydrogens (tertiary/aromatic N) is 1. The van der Waals surface area contributed by atoms with Gasteiger partial charge in [0.2, 0.25) is 10.0 Å². The summed E-state index contributed by atoms with van der Waals surface area (Å²) in [5.74, 6) is -0.349. The largest absolute Gasteiger partial charge is 0.477 e. The van der Waals surface area contributed by atoms with E-state index in [0.29, 0.717) is 24.4 Å². The second-order valence-corrected chi connectivity index (χ2v) is 10.2. The summed E-state index contributed by atoms with van der Waals surface area (Å²) in [6, 6.07) is 21.0. The lowest BCUT2D eigenvalue weighted by Gasteiger charge is -2.34. The third-order valence-corrected chi connectivity index (χ3v) is 6.30. The zero-order valence-corrected chi connectivity index (χ0v) is 20.5. The molecule has 1 unspecified atom stereocenters. The molecule has 3 aromatic rings. The molecule has 8 nitrogen and oxygen atoms in total. The van der Waals surface area contributed by atoms with Crippen molar-refractivity contribution in [2.45, 2.75) is 12.5 Å². The summed E-state index contributed by atoms with van der Waals surface area (Å²) in [6.07, 6.45) is 0.752. The molecule has 2 N–H and O–H groups in total. The van der Waals surface area contributed by atoms with Crippen molar-refractivity contribution in [2.75, 3.05) is 29.0 Å². The molecule has 0 saturated heterocycles. The van der Waals surface area contributed by atoms with Crippen LogP contribution in [0.25, 0.3) is 0 Å². The Hall–Kier alpha value is -3.56. The summed E-state index contributed by atoms with van der Waals surface area (Å²) in [5, 5.41) is 3.03. The van der Waals surface area contributed by atoms with Crippen LogP contribution in [0.4, 0.5) is 11.4 Å². The van der Waals surface area contributed by atoms with Gasteiger partial charge in [0.05, 0.1) is 29.2 Å². The molecule has 0 bridgehead atoms. The quantitative estimate of drug-likeness (QED) is 0.503. The molecule has 0 aromatic heterocycles. The standard InChI is InChI=1S/C25H24ClN3O5S/c1-35(32,33)28-20-15-18(11-12-19(20)26)25(31)29-16-23(34-22-10-6-5-9-21(22)29)24(30)27-14-13-17-7-3-2-4-8-17/h2-12,15,23,28H,13-14,16H2,1H3,(H,27,30). The van der Waals surface area contributed by atoms with Gasteiger partial charge in [-0.1, -0.05) is 54.1 Å². The Morgan fingerprint density at radius 1 is 1.06 bits per heavy atom. The molecule has 0 aliphatic carbocycles. The monoisotopic (exact) mass is 513 g/mol. The van der Waals surface area contributed by atoms with Gasteiger partial charge in [0.1, 0.15) is 5.75 Å². The third kappa shape index (κ3) is 6.12. The lowest BCUT2D eigenvalue weighted by atomic mass is 10.1. The number of hydrogen-bond acceptors (Lipinski definition) is 5. The number of halogens is 1. The lowest BCUT2D eigenvalue weighted by Crippen LogP contribution is -2.51. The van der Waals surface area contributed by atoms with Crippen LogP contribution in [-0.4, -0.2) is 45.7 Å². The summed E-state index contributed by atoms with van der Waals surface area (Å²) >= 11 is 6.11. The molecule has 1 aliphatic heterocycles. The van der Waals surface area contributed by atoms with Crippen LogP contribution in [0.2, 0.25) is 5.02 Å². The molecule has 4 rings (SSSR count). The highest BCUT2D eigenvalue weighted by molar-refractivity contribution is 7.92. The number of hydrogen-bond donors (Lipinski definition) is 2. The first-order valence-corrected chi connectivity index (χ1v) is 13.1. The molecule has 1 aliphatic rings. The van der Waals surface area contributed by atoms with E-state index >= 15 is 0 Å². The number of nitrogens with one attached hydrogen (secondary N) is 2. The smallest absolute Gasteiger partial charge is 0.262 e. The van der Waals surface area contributed by atoms with Crippen molar-refractivity contribution < 1.29 is 22.7 Å². The number of carbonyl (C=O) groups excluding carboxylic acids is 2. The van der Waals surface area contributed by atoms with Gasteiger partial charge >= 0.3 is 0 Å². The van der Waals surface area contributed by atoms with Gasteiger partial charge in [-0.05, 0) is 42.3 Å². The summed E-state index contributed by atoms with van der Waals surface area (Å²) in [5.41, 5.74) is 1.91. The first kappa shape index (κ1) is 24.6. The predicted molar refractivity (Wildman–Crippen MR) is 136 cm³/mol. The molecule has 1 atom stereocenters. The molecule has 0 spiro atoms. The number of rotatable bonds is 7. The fraction of sp³-hybridized carbons (Fsp3) is 0.200. The maximum atomic E-state index is 13.5. The Bertz CT molecular complexity index is 1350. The van der Waals surface area contributed by atoms with Crippen molar-refractivity contribution in [3.05, 3.63) is 88.9 Å². The van der Waals surface area contributed by atoms with Gasteiger partial charge in [-0.15, -0.1) is 0 Å². The summed E-state index contributed by atoms with van der Waals surface area (Å²) in [6.45, 7) is 0.417. The lowest BCUT2D eigenvalue weighted by molar-refractivity contribution is -0.127. The second kappa shape index (κ2) is 10.4. The predicted octanol–water partition coefficient (Wildman–Crippen LogP) is 3.48. The highest BCUT2D eigenvalue weighted by atomic mass is 35.5. The molecular weight excluding hydrogens is 490 g/mol. The van der Waals surface area contributed by atoms with Gasteiger partial charge in [-0.25, -0.2) is 8.42 Å². The van der Waals surface area contributed by atoms with Crippen molar-refractivity contribution in [2.24, 2.45) is 0 Å². The maximum absolute atomic E-state index is 13.5. The number of amides is 2. The van der Waals surface area contributed by atoms with Crippen molar-refractivity contribution >= 4 is 44.8 Å². The Morgan fingerprint density at radius 2 is 1.77 bits per heavy atom. The molecule has 182 valence electrons. The van der Waals surface area contributed by atoms with Crippen molar-refractivity contribution in [3.8, 4) is 5.75 Å². The topological polar surface area (TPSA) is 105 Å². The zero-order chi connectivity index (χ0) is 25.0. The summed E-state index contributed by atoms with van der Waals surface area (Å²) in [7, 11) is -3.60. The number of ether oxygens (including phenoxy) is 1. The Labute approximate surface area is 208 Å². The number of anilines is 2. The maximum Gasteiger partial charge on any atom is 0.262 e. The van der Waals surface area contributed by atoms with Crippen LogP contribution < -0.4 is 19.7 Å². The van der Waals surface area contributed by atoms with E-state index in [0.717, 1.165) is 11.8 Å². The number of fused-ring (bicyclic) bond motifs is 1. The number of sulfonamides is 1. The SMILES string of the molecule is CS(=O)(=O)Nc1cc(C(=O)N2CC(C(=O)NCCc3ccccc3)Oc3ccccc32)ccc1Cl. The molecule has 1 heterocycles. The van der Waals surface area contributed by atoms with E-state index in [9.17, 15) is 18.0 Å². The zero-order valence-electron chi connectivity index (χ0n) is 18.9. The Kier molecular flexibility index (Phi) is 7.28. The molecule has 0 radical (unpaired) electrons. The second-order valence-electron chi connectivity index (χ2n) is 8.09. The fourth-order valence-corrected chi connectivity index (χ4v) is 4.53. The minimum Gasteiger partial charge on any atom is -0.477 e. The Morgan fingerprint density at radius 3 is 2.51 bits per heavy atom. The highest BCUT2D eigenvalue weighted by Gasteiger charge is 2.34. The molecule has 10 heteroatoms. The van der Waals surface area contributed by atoms with Crippen LogP contribution in [-0.2, 0) is 21.2 Å². The molecule has 2 amide bonds. The van der Waals surface area contributed by atoms with Gasteiger partial charge < -0.3 is 15.0 Å². The molecule has 0 saturated carbocycles. The molecule has 35 heavy (non-hydrogen) atoms. The molecular formula is C25H24ClN3O5S. The van der Waals surface area contributed by atoms with Crippen LogP contribution >= 0.6 is 11.6 Å². The van der Waals surface area contributed by atoms with Gasteiger partial charge in [-0.3, -0.25) is 14.3 Å². The van der Waals surface area contributed by atoms with Crippen LogP contribution in [0.1, 0.15) is 15.9 Å². The summed E-state index contributed by atoms with van der Waals surface area (Å²) in [4.78, 5) is 27.8. The molecule has 3 aromatic carbocycles. The highest BCUT2D eigenvalue weighted by Crippen LogP contribution is 2.35. The van der Waals surface area contributed by atoms with E-state index in [1.54, 1.807) is 24.3 Å². The van der Waals surface area contributed by atoms with Crippen molar-refractivity contribution in [1.29, 1.82) is 0 Å². The fourth-order valence-electron chi connectivity index (χ4n) is 3.74. The van der Waals surface area contributed by atoms with Crippen LogP contribution in [0.5, 0.6) is 5.75 Å². The van der Waals surface area contributed by atoms with Crippen LogP contribution in [0.15, 0.2) is 72.8 Å². The number of carbonyl (C=O) groups is 2. The minimum atomic E-state index is -3.60. The minimum absolute atomic E-state index is 0.00944. The van der Waals surface area contributed by atoms with E-state index in [4.69, 9.17) is 16.3 Å². The van der Waals surface area contributed by atoms with Crippen molar-refractivity contribution in [1.82, 2.24) is 5.32 Å². The van der Waals surface area contributed by atoms with Gasteiger partial charge in [0.25, 0.3) is 11.8 Å². The van der Waals surface area contributed by atoms with Gasteiger partial charge in [0, 0.05) is 12.1 Å². The summed E-state index contributed by atoms with van der Waals surface area (Å²) < 4.78 is 31.6. The van der Waals surface area contributed by atoms with Crippen molar-refractivity contribution in [3.63, 3.8) is 0 Å². The van der Waals surface area contributed by atoms with E-state index < -0.39 is 22.0 Å². The Balaban J connectivity index is 1.53. The van der Waals surface area contributed by atoms with E-state index in [1.807, 2.05) is 30.3 Å². The van der Waals surface area contributed by atoms with Gasteiger partial charge in [-0.2, -0.15) is 0 Å². The normalized spacial score (nSPS) is 15.0. The van der Waals surface area contributed by atoms with Crippen LogP contribution in [0, 0.1) is 0 Å². The van der Waals surface area contributed by atoms with Gasteiger partial charge in [0.15, 0.2) is 6.10 Å². The first-order valence-electron chi connectivity index (χ1n) is 10.9. The van der Waals surface area contributed by atoms with Crippen LogP contribution in [0.3, 0.4) is 0 Å². The average molecular weight is 514 g/mol. The first-order chi connectivity index (χ1) is 16.7. The van der Waals surface area contributed by atoms with E-state index in [2.05, 4.69) is 10.0 Å². The number of benzene rings is 3.